The molecule has 0 spiro atoms. The SMILES string of the molecule is C=NN(C(=C)B1OC(C)(C)C(C)(C)O1)C(C)C. The lowest BCUT2D eigenvalue weighted by atomic mass is 9.84. The second kappa shape index (κ2) is 4.46. The lowest BCUT2D eigenvalue weighted by Gasteiger charge is -2.32. The highest BCUT2D eigenvalue weighted by molar-refractivity contribution is 6.54. The molecule has 1 saturated heterocycles. The quantitative estimate of drug-likeness (QED) is 0.428. The molecule has 17 heavy (non-hydrogen) atoms. The van der Waals surface area contributed by atoms with Gasteiger partial charge in [-0.25, -0.2) is 0 Å². The van der Waals surface area contributed by atoms with Gasteiger partial charge in [-0.3, -0.25) is 5.01 Å². The number of nitrogens with zero attached hydrogens (tertiary/aromatic N) is 2. The molecule has 5 heteroatoms. The summed E-state index contributed by atoms with van der Waals surface area (Å²) in [7, 11) is -0.465. The van der Waals surface area contributed by atoms with Crippen LogP contribution in [-0.4, -0.2) is 36.1 Å². The molecule has 0 saturated carbocycles. The number of hydrogen-bond acceptors (Lipinski definition) is 4. The maximum absolute atomic E-state index is 5.91. The van der Waals surface area contributed by atoms with Gasteiger partial charge in [0, 0.05) is 12.8 Å². The second-order valence-electron chi connectivity index (χ2n) is 5.66. The molecule has 0 atom stereocenters. The van der Waals surface area contributed by atoms with Crippen molar-refractivity contribution in [3.63, 3.8) is 0 Å². The first-order chi connectivity index (χ1) is 7.62. The maximum Gasteiger partial charge on any atom is 0.513 e. The van der Waals surface area contributed by atoms with Gasteiger partial charge < -0.3 is 9.31 Å². The van der Waals surface area contributed by atoms with E-state index in [1.165, 1.54) is 0 Å². The van der Waals surface area contributed by atoms with Crippen molar-refractivity contribution in [2.75, 3.05) is 0 Å². The molecule has 1 fully saturated rings. The molecule has 0 bridgehead atoms. The Balaban J connectivity index is 2.84. The molecule has 1 heterocycles. The summed E-state index contributed by atoms with van der Waals surface area (Å²) in [5.41, 5.74) is -0.0249. The largest absolute Gasteiger partial charge is 0.513 e. The van der Waals surface area contributed by atoms with Crippen molar-refractivity contribution < 1.29 is 9.31 Å². The zero-order valence-corrected chi connectivity index (χ0v) is 11.8. The first-order valence-electron chi connectivity index (χ1n) is 5.92. The van der Waals surface area contributed by atoms with Gasteiger partial charge in [0.1, 0.15) is 0 Å². The molecule has 0 aromatic heterocycles. The molecule has 0 amide bonds. The van der Waals surface area contributed by atoms with E-state index in [-0.39, 0.29) is 17.2 Å². The van der Waals surface area contributed by atoms with Crippen LogP contribution in [0, 0.1) is 0 Å². The lowest BCUT2D eigenvalue weighted by molar-refractivity contribution is 0.00578. The van der Waals surface area contributed by atoms with Crippen LogP contribution >= 0.6 is 0 Å². The fourth-order valence-electron chi connectivity index (χ4n) is 1.67. The van der Waals surface area contributed by atoms with Gasteiger partial charge in [-0.2, -0.15) is 5.10 Å². The summed E-state index contributed by atoms with van der Waals surface area (Å²) in [6.07, 6.45) is 0. The first kappa shape index (κ1) is 14.3. The Morgan fingerprint density at radius 3 is 1.88 bits per heavy atom. The van der Waals surface area contributed by atoms with Crippen LogP contribution in [-0.2, 0) is 9.31 Å². The monoisotopic (exact) mass is 238 g/mol. The Bertz CT molecular complexity index is 310. The van der Waals surface area contributed by atoms with Gasteiger partial charge in [-0.15, -0.1) is 0 Å². The van der Waals surface area contributed by atoms with Crippen molar-refractivity contribution in [2.45, 2.75) is 58.8 Å². The Kier molecular flexibility index (Phi) is 3.74. The smallest absolute Gasteiger partial charge is 0.398 e. The van der Waals surface area contributed by atoms with E-state index in [9.17, 15) is 0 Å². The fraction of sp³-hybridized carbons (Fsp3) is 0.750. The van der Waals surface area contributed by atoms with Crippen LogP contribution in [0.15, 0.2) is 17.3 Å². The van der Waals surface area contributed by atoms with Crippen LogP contribution in [0.3, 0.4) is 0 Å². The minimum absolute atomic E-state index is 0.180. The molecule has 0 aliphatic carbocycles. The lowest BCUT2D eigenvalue weighted by Crippen LogP contribution is -2.41. The predicted octanol–water partition coefficient (Wildman–Crippen LogP) is 2.46. The molecule has 4 nitrogen and oxygen atoms in total. The summed E-state index contributed by atoms with van der Waals surface area (Å²) in [4.78, 5) is 0. The molecule has 0 unspecified atom stereocenters. The maximum atomic E-state index is 5.91. The van der Waals surface area contributed by atoms with E-state index in [2.05, 4.69) is 18.4 Å². The third kappa shape index (κ3) is 2.55. The fourth-order valence-corrected chi connectivity index (χ4v) is 1.67. The minimum atomic E-state index is -0.465. The van der Waals surface area contributed by atoms with Crippen molar-refractivity contribution in [1.82, 2.24) is 5.01 Å². The van der Waals surface area contributed by atoms with E-state index in [1.54, 1.807) is 5.01 Å². The topological polar surface area (TPSA) is 34.1 Å². The van der Waals surface area contributed by atoms with Gasteiger partial charge in [-0.1, -0.05) is 6.58 Å². The molecule has 1 rings (SSSR count). The van der Waals surface area contributed by atoms with Crippen LogP contribution in [0.25, 0.3) is 0 Å². The Morgan fingerprint density at radius 1 is 1.18 bits per heavy atom. The summed E-state index contributed by atoms with van der Waals surface area (Å²) < 4.78 is 11.8. The Hall–Kier alpha value is -0.805. The Labute approximate surface area is 105 Å². The standard InChI is InChI=1S/C12H23BN2O2/c1-9(2)15(14-8)10(3)13-16-11(4,5)12(6,7)17-13/h9H,3,8H2,1-2,4-7H3. The molecule has 0 aromatic carbocycles. The third-order valence-corrected chi connectivity index (χ3v) is 3.46. The van der Waals surface area contributed by atoms with Crippen molar-refractivity contribution in [1.29, 1.82) is 0 Å². The molecular formula is C12H23BN2O2. The zero-order chi connectivity index (χ0) is 13.4. The highest BCUT2D eigenvalue weighted by Gasteiger charge is 2.53. The highest BCUT2D eigenvalue weighted by atomic mass is 16.7. The number of hydrogen-bond donors (Lipinski definition) is 0. The van der Waals surface area contributed by atoms with E-state index >= 15 is 0 Å². The summed E-state index contributed by atoms with van der Waals surface area (Å²) >= 11 is 0. The normalized spacial score (nSPS) is 21.7. The van der Waals surface area contributed by atoms with Crippen molar-refractivity contribution >= 4 is 13.8 Å². The zero-order valence-electron chi connectivity index (χ0n) is 11.8. The van der Waals surface area contributed by atoms with E-state index in [0.29, 0.717) is 5.60 Å². The third-order valence-electron chi connectivity index (χ3n) is 3.46. The first-order valence-corrected chi connectivity index (χ1v) is 5.92. The average Bonchev–Trinajstić information content (AvgIpc) is 2.36. The van der Waals surface area contributed by atoms with Crippen LogP contribution in [0.4, 0.5) is 0 Å². The summed E-state index contributed by atoms with van der Waals surface area (Å²) in [5, 5.41) is 5.68. The van der Waals surface area contributed by atoms with Gasteiger partial charge in [0.25, 0.3) is 0 Å². The Morgan fingerprint density at radius 2 is 1.59 bits per heavy atom. The van der Waals surface area contributed by atoms with Gasteiger partial charge in [0.05, 0.1) is 16.8 Å². The van der Waals surface area contributed by atoms with Gasteiger partial charge in [0.15, 0.2) is 0 Å². The molecule has 0 aromatic rings. The number of hydrazone groups is 1. The van der Waals surface area contributed by atoms with Crippen LogP contribution in [0.1, 0.15) is 41.5 Å². The van der Waals surface area contributed by atoms with Crippen LogP contribution < -0.4 is 0 Å². The van der Waals surface area contributed by atoms with Crippen molar-refractivity contribution in [3.05, 3.63) is 12.2 Å². The molecule has 96 valence electrons. The van der Waals surface area contributed by atoms with Gasteiger partial charge in [-0.05, 0) is 41.5 Å². The van der Waals surface area contributed by atoms with Gasteiger partial charge in [0.2, 0.25) is 0 Å². The number of rotatable bonds is 4. The minimum Gasteiger partial charge on any atom is -0.398 e. The highest BCUT2D eigenvalue weighted by Crippen LogP contribution is 2.38. The average molecular weight is 238 g/mol. The van der Waals surface area contributed by atoms with E-state index in [4.69, 9.17) is 9.31 Å². The van der Waals surface area contributed by atoms with E-state index < -0.39 is 7.12 Å². The van der Waals surface area contributed by atoms with Crippen LogP contribution in [0.2, 0.25) is 0 Å². The predicted molar refractivity (Wildman–Crippen MR) is 71.7 cm³/mol. The molecule has 1 aliphatic rings. The summed E-state index contributed by atoms with van der Waals surface area (Å²) in [6.45, 7) is 19.7. The van der Waals surface area contributed by atoms with Crippen molar-refractivity contribution in [2.24, 2.45) is 5.10 Å². The van der Waals surface area contributed by atoms with E-state index in [0.717, 1.165) is 0 Å². The van der Waals surface area contributed by atoms with Gasteiger partial charge >= 0.3 is 7.12 Å². The van der Waals surface area contributed by atoms with E-state index in [1.807, 2.05) is 41.5 Å². The molecule has 1 aliphatic heterocycles. The molecular weight excluding hydrogens is 215 g/mol. The van der Waals surface area contributed by atoms with Crippen molar-refractivity contribution in [3.8, 4) is 0 Å². The molecule has 0 radical (unpaired) electrons. The summed E-state index contributed by atoms with van der Waals surface area (Å²) in [5.74, 6) is 0. The second-order valence-corrected chi connectivity index (χ2v) is 5.66. The summed E-state index contributed by atoms with van der Waals surface area (Å²) in [6, 6.07) is 0.180. The van der Waals surface area contributed by atoms with Crippen LogP contribution in [0.5, 0.6) is 0 Å². The molecule has 0 N–H and O–H groups in total.